The largest absolute Gasteiger partial charge is 0.314 e. The first-order chi connectivity index (χ1) is 7.75. The Morgan fingerprint density at radius 2 is 2.38 bits per heavy atom. The van der Waals surface area contributed by atoms with Gasteiger partial charge in [0.1, 0.15) is 0 Å². The van der Waals surface area contributed by atoms with E-state index < -0.39 is 0 Å². The lowest BCUT2D eigenvalue weighted by atomic mass is 9.99. The molecule has 1 aliphatic rings. The summed E-state index contributed by atoms with van der Waals surface area (Å²) in [6.07, 6.45) is 10.7. The van der Waals surface area contributed by atoms with E-state index in [1.807, 2.05) is 10.9 Å². The highest BCUT2D eigenvalue weighted by atomic mass is 15.3. The molecule has 2 heterocycles. The number of aromatic nitrogens is 2. The molecule has 1 aromatic heterocycles. The van der Waals surface area contributed by atoms with Gasteiger partial charge in [-0.1, -0.05) is 6.42 Å². The standard InChI is InChI=1S/C13H23N3/c1-11(2)16-10-12(9-15-16)6-7-13-5-3-4-8-14-13/h9-11,13-14H,3-8H2,1-2H3. The fourth-order valence-electron chi connectivity index (χ4n) is 2.30. The van der Waals surface area contributed by atoms with E-state index in [2.05, 4.69) is 30.5 Å². The zero-order chi connectivity index (χ0) is 11.4. The molecule has 1 unspecified atom stereocenters. The number of nitrogens with zero attached hydrogens (tertiary/aromatic N) is 2. The van der Waals surface area contributed by atoms with Gasteiger partial charge in [0, 0.05) is 18.3 Å². The molecule has 0 amide bonds. The number of nitrogens with one attached hydrogen (secondary N) is 1. The molecule has 1 fully saturated rings. The van der Waals surface area contributed by atoms with Gasteiger partial charge in [-0.15, -0.1) is 0 Å². The Morgan fingerprint density at radius 3 is 3.00 bits per heavy atom. The Hall–Kier alpha value is -0.830. The van der Waals surface area contributed by atoms with Crippen molar-refractivity contribution in [1.82, 2.24) is 15.1 Å². The van der Waals surface area contributed by atoms with E-state index in [-0.39, 0.29) is 0 Å². The summed E-state index contributed by atoms with van der Waals surface area (Å²) in [4.78, 5) is 0. The average molecular weight is 221 g/mol. The van der Waals surface area contributed by atoms with Crippen LogP contribution in [-0.2, 0) is 6.42 Å². The van der Waals surface area contributed by atoms with Crippen LogP contribution in [0.3, 0.4) is 0 Å². The molecule has 1 aromatic rings. The highest BCUT2D eigenvalue weighted by Gasteiger charge is 2.12. The summed E-state index contributed by atoms with van der Waals surface area (Å²) >= 11 is 0. The first kappa shape index (κ1) is 11.6. The zero-order valence-corrected chi connectivity index (χ0v) is 10.4. The molecule has 3 nitrogen and oxygen atoms in total. The molecule has 0 aromatic carbocycles. The zero-order valence-electron chi connectivity index (χ0n) is 10.4. The second-order valence-electron chi connectivity index (χ2n) is 5.11. The second-order valence-corrected chi connectivity index (χ2v) is 5.11. The average Bonchev–Trinajstić information content (AvgIpc) is 2.76. The molecule has 0 aliphatic carbocycles. The van der Waals surface area contributed by atoms with Gasteiger partial charge >= 0.3 is 0 Å². The molecule has 0 spiro atoms. The molecular formula is C13H23N3. The number of hydrogen-bond donors (Lipinski definition) is 1. The Morgan fingerprint density at radius 1 is 1.50 bits per heavy atom. The third kappa shape index (κ3) is 3.08. The Kier molecular flexibility index (Phi) is 3.99. The molecule has 16 heavy (non-hydrogen) atoms. The summed E-state index contributed by atoms with van der Waals surface area (Å²) in [6.45, 7) is 5.54. The van der Waals surface area contributed by atoms with Gasteiger partial charge in [-0.25, -0.2) is 0 Å². The summed E-state index contributed by atoms with van der Waals surface area (Å²) in [6, 6.07) is 1.21. The molecule has 1 N–H and O–H groups in total. The summed E-state index contributed by atoms with van der Waals surface area (Å²) in [7, 11) is 0. The second kappa shape index (κ2) is 5.48. The van der Waals surface area contributed by atoms with Crippen molar-refractivity contribution in [2.45, 2.75) is 58.0 Å². The van der Waals surface area contributed by atoms with E-state index >= 15 is 0 Å². The maximum Gasteiger partial charge on any atom is 0.0521 e. The monoisotopic (exact) mass is 221 g/mol. The number of hydrogen-bond acceptors (Lipinski definition) is 2. The van der Waals surface area contributed by atoms with Crippen molar-refractivity contribution in [2.75, 3.05) is 6.54 Å². The van der Waals surface area contributed by atoms with Gasteiger partial charge in [-0.2, -0.15) is 5.10 Å². The maximum absolute atomic E-state index is 4.38. The highest BCUT2D eigenvalue weighted by Crippen LogP contribution is 2.14. The fourth-order valence-corrected chi connectivity index (χ4v) is 2.30. The topological polar surface area (TPSA) is 29.9 Å². The van der Waals surface area contributed by atoms with Crippen LogP contribution in [0.15, 0.2) is 12.4 Å². The van der Waals surface area contributed by atoms with Crippen molar-refractivity contribution in [1.29, 1.82) is 0 Å². The first-order valence-corrected chi connectivity index (χ1v) is 6.52. The van der Waals surface area contributed by atoms with Gasteiger partial charge in [0.05, 0.1) is 6.20 Å². The lowest BCUT2D eigenvalue weighted by molar-refractivity contribution is 0.383. The molecule has 3 heteroatoms. The molecule has 1 atom stereocenters. The van der Waals surface area contributed by atoms with Crippen molar-refractivity contribution in [2.24, 2.45) is 0 Å². The van der Waals surface area contributed by atoms with Gasteiger partial charge in [0.2, 0.25) is 0 Å². The number of piperidine rings is 1. The molecule has 0 bridgehead atoms. The Bertz CT molecular complexity index is 311. The predicted molar refractivity (Wildman–Crippen MR) is 66.6 cm³/mol. The van der Waals surface area contributed by atoms with Crippen molar-refractivity contribution >= 4 is 0 Å². The first-order valence-electron chi connectivity index (χ1n) is 6.52. The highest BCUT2D eigenvalue weighted by molar-refractivity contribution is 5.05. The van der Waals surface area contributed by atoms with Crippen LogP contribution in [0.2, 0.25) is 0 Å². The van der Waals surface area contributed by atoms with E-state index in [4.69, 9.17) is 0 Å². The summed E-state index contributed by atoms with van der Waals surface area (Å²) in [5.74, 6) is 0. The Labute approximate surface area is 98.2 Å². The van der Waals surface area contributed by atoms with Crippen LogP contribution < -0.4 is 5.32 Å². The van der Waals surface area contributed by atoms with Crippen molar-refractivity contribution < 1.29 is 0 Å². The molecular weight excluding hydrogens is 198 g/mol. The van der Waals surface area contributed by atoms with Gasteiger partial charge in [0.25, 0.3) is 0 Å². The quantitative estimate of drug-likeness (QED) is 0.846. The van der Waals surface area contributed by atoms with E-state index in [0.717, 1.165) is 12.5 Å². The van der Waals surface area contributed by atoms with Crippen LogP contribution >= 0.6 is 0 Å². The van der Waals surface area contributed by atoms with Crippen LogP contribution in [0, 0.1) is 0 Å². The molecule has 1 aliphatic heterocycles. The summed E-state index contributed by atoms with van der Waals surface area (Å²) < 4.78 is 2.05. The van der Waals surface area contributed by atoms with Gasteiger partial charge in [-0.3, -0.25) is 4.68 Å². The van der Waals surface area contributed by atoms with Crippen LogP contribution in [0.1, 0.15) is 51.1 Å². The summed E-state index contributed by atoms with van der Waals surface area (Å²) in [5.41, 5.74) is 1.38. The molecule has 0 radical (unpaired) electrons. The van der Waals surface area contributed by atoms with E-state index in [1.54, 1.807) is 0 Å². The Balaban J connectivity index is 1.79. The van der Waals surface area contributed by atoms with Crippen molar-refractivity contribution in [3.05, 3.63) is 18.0 Å². The summed E-state index contributed by atoms with van der Waals surface area (Å²) in [5, 5.41) is 7.97. The van der Waals surface area contributed by atoms with Gasteiger partial charge < -0.3 is 5.32 Å². The molecule has 1 saturated heterocycles. The van der Waals surface area contributed by atoms with E-state index in [9.17, 15) is 0 Å². The normalized spacial score (nSPS) is 21.6. The predicted octanol–water partition coefficient (Wildman–Crippen LogP) is 2.54. The van der Waals surface area contributed by atoms with Gasteiger partial charge in [-0.05, 0) is 51.6 Å². The van der Waals surface area contributed by atoms with Crippen LogP contribution in [-0.4, -0.2) is 22.4 Å². The third-order valence-electron chi connectivity index (χ3n) is 3.38. The minimum absolute atomic E-state index is 0.474. The van der Waals surface area contributed by atoms with Crippen LogP contribution in [0.5, 0.6) is 0 Å². The van der Waals surface area contributed by atoms with Crippen molar-refractivity contribution in [3.8, 4) is 0 Å². The lowest BCUT2D eigenvalue weighted by Gasteiger charge is -2.22. The molecule has 0 saturated carbocycles. The number of aryl methyl sites for hydroxylation is 1. The lowest BCUT2D eigenvalue weighted by Crippen LogP contribution is -2.34. The van der Waals surface area contributed by atoms with Crippen LogP contribution in [0.25, 0.3) is 0 Å². The van der Waals surface area contributed by atoms with E-state index in [1.165, 1.54) is 37.8 Å². The van der Waals surface area contributed by atoms with Gasteiger partial charge in [0.15, 0.2) is 0 Å². The molecule has 90 valence electrons. The minimum Gasteiger partial charge on any atom is -0.314 e. The molecule has 2 rings (SSSR count). The maximum atomic E-state index is 4.38. The smallest absolute Gasteiger partial charge is 0.0521 e. The van der Waals surface area contributed by atoms with E-state index in [0.29, 0.717) is 6.04 Å². The minimum atomic E-state index is 0.474. The van der Waals surface area contributed by atoms with Crippen LogP contribution in [0.4, 0.5) is 0 Å². The van der Waals surface area contributed by atoms with Crippen molar-refractivity contribution in [3.63, 3.8) is 0 Å². The SMILES string of the molecule is CC(C)n1cc(CCC2CCCCN2)cn1. The fraction of sp³-hybridized carbons (Fsp3) is 0.769. The third-order valence-corrected chi connectivity index (χ3v) is 3.38. The number of rotatable bonds is 4.